The molecule has 32 heavy (non-hydrogen) atoms. The van der Waals surface area contributed by atoms with Crippen molar-refractivity contribution in [2.45, 2.75) is 76.6 Å². The Morgan fingerprint density at radius 2 is 1.94 bits per heavy atom. The van der Waals surface area contributed by atoms with Crippen molar-refractivity contribution in [2.24, 2.45) is 0 Å². The average Bonchev–Trinajstić information content (AvgIpc) is 3.21. The van der Waals surface area contributed by atoms with E-state index in [1.54, 1.807) is 0 Å². The molecule has 2 aliphatic rings. The second-order valence-electron chi connectivity index (χ2n) is 9.06. The van der Waals surface area contributed by atoms with Crippen molar-refractivity contribution >= 4 is 17.6 Å². The largest absolute Gasteiger partial charge is 0.467 e. The number of halogens is 1. The molecular formula is C25H34ClN3O3. The van der Waals surface area contributed by atoms with Gasteiger partial charge < -0.3 is 9.47 Å². The van der Waals surface area contributed by atoms with E-state index in [4.69, 9.17) is 26.2 Å². The van der Waals surface area contributed by atoms with Gasteiger partial charge in [-0.2, -0.15) is 5.10 Å². The zero-order valence-electron chi connectivity index (χ0n) is 19.3. The van der Waals surface area contributed by atoms with Gasteiger partial charge in [-0.15, -0.1) is 0 Å². The quantitative estimate of drug-likeness (QED) is 0.600. The molecular weight excluding hydrogens is 426 g/mol. The van der Waals surface area contributed by atoms with Gasteiger partial charge in [0.25, 0.3) is 0 Å². The highest BCUT2D eigenvalue weighted by Gasteiger charge is 2.38. The normalized spacial score (nSPS) is 26.8. The van der Waals surface area contributed by atoms with Crippen LogP contribution in [-0.2, 0) is 27.2 Å². The van der Waals surface area contributed by atoms with Gasteiger partial charge in [0.1, 0.15) is 0 Å². The topological polar surface area (TPSA) is 56.6 Å². The van der Waals surface area contributed by atoms with Gasteiger partial charge in [0, 0.05) is 41.8 Å². The predicted molar refractivity (Wildman–Crippen MR) is 125 cm³/mol. The standard InChI is InChI=1S/C25H34ClN3O3/c1-4-29-17(2)13-23(27-29)19-7-11-21(12-8-19)28-15-24(25(30)31-3)32-16-22(28)14-18-5-9-20(26)10-6-18/h5-6,9-10,13,19,21-22,24H,4,7-8,11-12,14-16H2,1-3H3/t19?,21?,22-,24+/m0/s1. The fourth-order valence-electron chi connectivity index (χ4n) is 5.26. The van der Waals surface area contributed by atoms with E-state index in [0.29, 0.717) is 25.1 Å². The molecule has 1 aromatic heterocycles. The number of carbonyl (C=O) groups is 1. The summed E-state index contributed by atoms with van der Waals surface area (Å²) in [5.74, 6) is 0.235. The number of hydrogen-bond acceptors (Lipinski definition) is 5. The number of rotatable bonds is 6. The summed E-state index contributed by atoms with van der Waals surface area (Å²) < 4.78 is 13.0. The van der Waals surface area contributed by atoms with E-state index in [-0.39, 0.29) is 12.0 Å². The van der Waals surface area contributed by atoms with Crippen LogP contribution in [0.25, 0.3) is 0 Å². The summed E-state index contributed by atoms with van der Waals surface area (Å²) >= 11 is 6.07. The van der Waals surface area contributed by atoms with Crippen LogP contribution in [0, 0.1) is 6.92 Å². The number of hydrogen-bond donors (Lipinski definition) is 0. The lowest BCUT2D eigenvalue weighted by Crippen LogP contribution is -2.57. The molecule has 0 unspecified atom stereocenters. The van der Waals surface area contributed by atoms with Crippen LogP contribution in [0.2, 0.25) is 5.02 Å². The number of aryl methyl sites for hydroxylation is 2. The Hall–Kier alpha value is -1.89. The smallest absolute Gasteiger partial charge is 0.336 e. The van der Waals surface area contributed by atoms with Crippen LogP contribution in [0.3, 0.4) is 0 Å². The molecule has 2 heterocycles. The highest BCUT2D eigenvalue weighted by atomic mass is 35.5. The van der Waals surface area contributed by atoms with Gasteiger partial charge >= 0.3 is 5.97 Å². The maximum Gasteiger partial charge on any atom is 0.336 e. The number of benzene rings is 1. The lowest BCUT2D eigenvalue weighted by molar-refractivity contribution is -0.165. The molecule has 2 fully saturated rings. The highest BCUT2D eigenvalue weighted by molar-refractivity contribution is 6.30. The third-order valence-electron chi connectivity index (χ3n) is 7.07. The molecule has 7 heteroatoms. The molecule has 1 aliphatic carbocycles. The van der Waals surface area contributed by atoms with Gasteiger partial charge in [0.15, 0.2) is 6.10 Å². The van der Waals surface area contributed by atoms with E-state index in [1.165, 1.54) is 24.1 Å². The fourth-order valence-corrected chi connectivity index (χ4v) is 5.39. The van der Waals surface area contributed by atoms with E-state index in [1.807, 2.05) is 12.1 Å². The van der Waals surface area contributed by atoms with Gasteiger partial charge in [-0.05, 0) is 69.7 Å². The van der Waals surface area contributed by atoms with Crippen LogP contribution in [-0.4, -0.2) is 59.1 Å². The molecule has 1 saturated carbocycles. The summed E-state index contributed by atoms with van der Waals surface area (Å²) in [6.45, 7) is 6.30. The molecule has 1 aliphatic heterocycles. The number of morpholine rings is 1. The Bertz CT molecular complexity index is 906. The molecule has 6 nitrogen and oxygen atoms in total. The Morgan fingerprint density at radius 1 is 1.22 bits per heavy atom. The summed E-state index contributed by atoms with van der Waals surface area (Å²) in [4.78, 5) is 14.7. The Kier molecular flexibility index (Phi) is 7.54. The number of methoxy groups -OCH3 is 1. The maximum absolute atomic E-state index is 12.2. The molecule has 0 bridgehead atoms. The fraction of sp³-hybridized carbons (Fsp3) is 0.600. The van der Waals surface area contributed by atoms with Crippen molar-refractivity contribution in [1.29, 1.82) is 0 Å². The van der Waals surface area contributed by atoms with Crippen molar-refractivity contribution in [3.05, 3.63) is 52.3 Å². The van der Waals surface area contributed by atoms with Crippen molar-refractivity contribution in [3.63, 3.8) is 0 Å². The molecule has 174 valence electrons. The maximum atomic E-state index is 12.2. The van der Waals surface area contributed by atoms with Crippen molar-refractivity contribution < 1.29 is 14.3 Å². The number of ether oxygens (including phenoxy) is 2. The molecule has 4 rings (SSSR count). The first kappa shape index (κ1) is 23.3. The number of aromatic nitrogens is 2. The summed E-state index contributed by atoms with van der Waals surface area (Å²) in [6.07, 6.45) is 4.83. The molecule has 1 aromatic carbocycles. The molecule has 0 radical (unpaired) electrons. The molecule has 0 N–H and O–H groups in total. The molecule has 1 saturated heterocycles. The predicted octanol–water partition coefficient (Wildman–Crippen LogP) is 4.38. The number of nitrogens with zero attached hydrogens (tertiary/aromatic N) is 3. The van der Waals surface area contributed by atoms with Crippen molar-refractivity contribution in [1.82, 2.24) is 14.7 Å². The Labute approximate surface area is 195 Å². The van der Waals surface area contributed by atoms with E-state index >= 15 is 0 Å². The van der Waals surface area contributed by atoms with Crippen LogP contribution in [0.5, 0.6) is 0 Å². The second-order valence-corrected chi connectivity index (χ2v) is 9.49. The van der Waals surface area contributed by atoms with Crippen LogP contribution in [0.4, 0.5) is 0 Å². The second kappa shape index (κ2) is 10.4. The van der Waals surface area contributed by atoms with E-state index < -0.39 is 6.10 Å². The van der Waals surface area contributed by atoms with Crippen molar-refractivity contribution in [2.75, 3.05) is 20.3 Å². The zero-order chi connectivity index (χ0) is 22.7. The van der Waals surface area contributed by atoms with Crippen LogP contribution in [0.1, 0.15) is 55.5 Å². The first-order valence-electron chi connectivity index (χ1n) is 11.7. The first-order valence-corrected chi connectivity index (χ1v) is 12.1. The molecule has 2 atom stereocenters. The average molecular weight is 460 g/mol. The third kappa shape index (κ3) is 5.19. The van der Waals surface area contributed by atoms with E-state index in [9.17, 15) is 4.79 Å². The third-order valence-corrected chi connectivity index (χ3v) is 7.32. The molecule has 2 aromatic rings. The first-order chi connectivity index (χ1) is 15.5. The lowest BCUT2D eigenvalue weighted by Gasteiger charge is -2.45. The SMILES string of the molecule is CCn1nc(C2CCC(N3C[C@H](C(=O)OC)OC[C@@H]3Cc3ccc(Cl)cc3)CC2)cc1C. The summed E-state index contributed by atoms with van der Waals surface area (Å²) in [7, 11) is 1.43. The Balaban J connectivity index is 1.45. The van der Waals surface area contributed by atoms with Gasteiger partial charge in [-0.1, -0.05) is 23.7 Å². The van der Waals surface area contributed by atoms with Crippen LogP contribution >= 0.6 is 11.6 Å². The zero-order valence-corrected chi connectivity index (χ0v) is 20.1. The summed E-state index contributed by atoms with van der Waals surface area (Å²) in [6, 6.07) is 11.0. The minimum Gasteiger partial charge on any atom is -0.467 e. The van der Waals surface area contributed by atoms with E-state index in [0.717, 1.165) is 43.7 Å². The Morgan fingerprint density at radius 3 is 2.56 bits per heavy atom. The van der Waals surface area contributed by atoms with E-state index in [2.05, 4.69) is 41.6 Å². The summed E-state index contributed by atoms with van der Waals surface area (Å²) in [5, 5.41) is 5.57. The minimum atomic E-state index is -0.512. The minimum absolute atomic E-state index is 0.236. The van der Waals surface area contributed by atoms with Gasteiger partial charge in [-0.25, -0.2) is 4.79 Å². The van der Waals surface area contributed by atoms with Gasteiger partial charge in [-0.3, -0.25) is 9.58 Å². The molecule has 0 spiro atoms. The number of carbonyl (C=O) groups excluding carboxylic acids is 1. The van der Waals surface area contributed by atoms with Gasteiger partial charge in [0.05, 0.1) is 19.4 Å². The lowest BCUT2D eigenvalue weighted by atomic mass is 9.82. The highest BCUT2D eigenvalue weighted by Crippen LogP contribution is 2.36. The molecule has 0 amide bonds. The van der Waals surface area contributed by atoms with Gasteiger partial charge in [0.2, 0.25) is 0 Å². The van der Waals surface area contributed by atoms with Crippen LogP contribution in [0.15, 0.2) is 30.3 Å². The van der Waals surface area contributed by atoms with Crippen LogP contribution < -0.4 is 0 Å². The summed E-state index contributed by atoms with van der Waals surface area (Å²) in [5.41, 5.74) is 3.70. The monoisotopic (exact) mass is 459 g/mol. The van der Waals surface area contributed by atoms with Crippen molar-refractivity contribution in [3.8, 4) is 0 Å². The number of esters is 1.